The van der Waals surface area contributed by atoms with Gasteiger partial charge in [-0.25, -0.2) is 4.98 Å². The second kappa shape index (κ2) is 5.10. The third kappa shape index (κ3) is 2.69. The molecule has 0 fully saturated rings. The van der Waals surface area contributed by atoms with Crippen LogP contribution in [0.1, 0.15) is 12.7 Å². The van der Waals surface area contributed by atoms with Crippen molar-refractivity contribution in [2.45, 2.75) is 13.5 Å². The van der Waals surface area contributed by atoms with Gasteiger partial charge < -0.3 is 15.8 Å². The van der Waals surface area contributed by atoms with Gasteiger partial charge >= 0.3 is 0 Å². The molecule has 0 aliphatic carbocycles. The molecule has 0 saturated heterocycles. The van der Waals surface area contributed by atoms with Crippen molar-refractivity contribution in [3.05, 3.63) is 12.2 Å². The summed E-state index contributed by atoms with van der Waals surface area (Å²) in [6.45, 7) is 1.86. The Morgan fingerprint density at radius 3 is 3.00 bits per heavy atom. The van der Waals surface area contributed by atoms with Crippen LogP contribution in [0.15, 0.2) is 11.5 Å². The number of amidine groups is 1. The number of rotatable bonds is 4. The predicted octanol–water partition coefficient (Wildman–Crippen LogP) is -0.854. The zero-order valence-electron chi connectivity index (χ0n) is 9.08. The Morgan fingerprint density at radius 2 is 2.50 bits per heavy atom. The number of nitrogens with two attached hydrogens (primary N) is 1. The molecule has 1 aromatic heterocycles. The third-order valence-electron chi connectivity index (χ3n) is 2.16. The van der Waals surface area contributed by atoms with Crippen molar-refractivity contribution >= 4 is 11.7 Å². The van der Waals surface area contributed by atoms with Gasteiger partial charge in [-0.1, -0.05) is 5.16 Å². The minimum Gasteiger partial charge on any atom is -0.409 e. The van der Waals surface area contributed by atoms with Crippen LogP contribution in [-0.2, 0) is 11.3 Å². The predicted molar refractivity (Wildman–Crippen MR) is 55.4 cm³/mol. The molecular weight excluding hydrogens is 212 g/mol. The van der Waals surface area contributed by atoms with Gasteiger partial charge in [0.1, 0.15) is 12.2 Å². The van der Waals surface area contributed by atoms with Crippen molar-refractivity contribution in [2.75, 3.05) is 7.05 Å². The lowest BCUT2D eigenvalue weighted by Crippen LogP contribution is -2.38. The fraction of sp³-hybridized carbons (Fsp3) is 0.500. The molecule has 1 heterocycles. The standard InChI is InChI=1S/C8H14N6O2/c1-5(7(9)13-16)8(15)14(2)3-6-10-4-11-12-6/h4-5,16H,3H2,1-2H3,(H2,9,13)(H,10,11,12). The molecular formula is C8H14N6O2. The second-order valence-electron chi connectivity index (χ2n) is 3.37. The van der Waals surface area contributed by atoms with E-state index in [1.54, 1.807) is 14.0 Å². The minimum absolute atomic E-state index is 0.116. The summed E-state index contributed by atoms with van der Waals surface area (Å²) < 4.78 is 0. The number of aromatic nitrogens is 3. The quantitative estimate of drug-likeness (QED) is 0.267. The molecule has 1 unspecified atom stereocenters. The highest BCUT2D eigenvalue weighted by molar-refractivity contribution is 6.01. The molecule has 0 aliphatic heterocycles. The van der Waals surface area contributed by atoms with E-state index in [0.717, 1.165) is 0 Å². The first-order chi connectivity index (χ1) is 7.56. The lowest BCUT2D eigenvalue weighted by molar-refractivity contribution is -0.132. The molecule has 8 nitrogen and oxygen atoms in total. The van der Waals surface area contributed by atoms with Crippen molar-refractivity contribution < 1.29 is 10.0 Å². The van der Waals surface area contributed by atoms with Gasteiger partial charge in [-0.15, -0.1) is 0 Å². The molecule has 1 rings (SSSR count). The Kier molecular flexibility index (Phi) is 3.81. The molecule has 1 amide bonds. The van der Waals surface area contributed by atoms with Gasteiger partial charge in [0.25, 0.3) is 0 Å². The number of hydrogen-bond acceptors (Lipinski definition) is 5. The highest BCUT2D eigenvalue weighted by Crippen LogP contribution is 2.03. The van der Waals surface area contributed by atoms with Gasteiger partial charge in [-0.2, -0.15) is 5.10 Å². The zero-order chi connectivity index (χ0) is 12.1. The number of aromatic amines is 1. The van der Waals surface area contributed by atoms with E-state index < -0.39 is 5.92 Å². The SMILES string of the molecule is CC(C(=O)N(C)Cc1ncn[nH]1)C(N)=NO. The number of nitrogens with one attached hydrogen (secondary N) is 1. The van der Waals surface area contributed by atoms with E-state index in [0.29, 0.717) is 12.4 Å². The lowest BCUT2D eigenvalue weighted by Gasteiger charge is -2.19. The number of oxime groups is 1. The van der Waals surface area contributed by atoms with Crippen molar-refractivity contribution in [3.63, 3.8) is 0 Å². The van der Waals surface area contributed by atoms with E-state index in [9.17, 15) is 4.79 Å². The first-order valence-corrected chi connectivity index (χ1v) is 4.63. The van der Waals surface area contributed by atoms with Crippen LogP contribution in [-0.4, -0.2) is 44.1 Å². The summed E-state index contributed by atoms with van der Waals surface area (Å²) >= 11 is 0. The molecule has 0 saturated carbocycles. The molecule has 8 heteroatoms. The number of nitrogens with zero attached hydrogens (tertiary/aromatic N) is 4. The van der Waals surface area contributed by atoms with E-state index in [-0.39, 0.29) is 11.7 Å². The van der Waals surface area contributed by atoms with Crippen LogP contribution in [0.2, 0.25) is 0 Å². The van der Waals surface area contributed by atoms with Crippen molar-refractivity contribution in [2.24, 2.45) is 16.8 Å². The summed E-state index contributed by atoms with van der Waals surface area (Å²) in [5.41, 5.74) is 5.35. The van der Waals surface area contributed by atoms with Gasteiger partial charge in [0.15, 0.2) is 5.84 Å². The Hall–Kier alpha value is -2.12. The van der Waals surface area contributed by atoms with Gasteiger partial charge in [0, 0.05) is 7.05 Å². The summed E-state index contributed by atoms with van der Waals surface area (Å²) in [7, 11) is 1.60. The number of H-pyrrole nitrogens is 1. The Morgan fingerprint density at radius 1 is 1.81 bits per heavy atom. The van der Waals surface area contributed by atoms with Gasteiger partial charge in [-0.05, 0) is 6.92 Å². The van der Waals surface area contributed by atoms with Crippen LogP contribution in [0.5, 0.6) is 0 Å². The molecule has 0 bridgehead atoms. The van der Waals surface area contributed by atoms with Crippen molar-refractivity contribution in [1.29, 1.82) is 0 Å². The van der Waals surface area contributed by atoms with E-state index in [2.05, 4.69) is 20.3 Å². The molecule has 4 N–H and O–H groups in total. The smallest absolute Gasteiger partial charge is 0.233 e. The Balaban J connectivity index is 2.60. The van der Waals surface area contributed by atoms with Crippen LogP contribution in [0.3, 0.4) is 0 Å². The van der Waals surface area contributed by atoms with Crippen LogP contribution in [0.25, 0.3) is 0 Å². The molecule has 1 atom stereocenters. The summed E-state index contributed by atoms with van der Waals surface area (Å²) in [5, 5.41) is 17.6. The Bertz CT molecular complexity index is 374. The lowest BCUT2D eigenvalue weighted by atomic mass is 10.1. The maximum atomic E-state index is 11.8. The van der Waals surface area contributed by atoms with E-state index in [1.165, 1.54) is 11.2 Å². The second-order valence-corrected chi connectivity index (χ2v) is 3.37. The van der Waals surface area contributed by atoms with Crippen LogP contribution in [0.4, 0.5) is 0 Å². The van der Waals surface area contributed by atoms with Crippen LogP contribution in [0, 0.1) is 5.92 Å². The zero-order valence-corrected chi connectivity index (χ0v) is 9.08. The van der Waals surface area contributed by atoms with E-state index in [1.807, 2.05) is 0 Å². The largest absolute Gasteiger partial charge is 0.409 e. The van der Waals surface area contributed by atoms with Crippen LogP contribution >= 0.6 is 0 Å². The fourth-order valence-electron chi connectivity index (χ4n) is 1.15. The maximum Gasteiger partial charge on any atom is 0.233 e. The first-order valence-electron chi connectivity index (χ1n) is 4.63. The number of carbonyl (C=O) groups is 1. The average molecular weight is 226 g/mol. The molecule has 0 aliphatic rings. The summed E-state index contributed by atoms with van der Waals surface area (Å²) in [5.74, 6) is -0.471. The average Bonchev–Trinajstić information content (AvgIpc) is 2.78. The highest BCUT2D eigenvalue weighted by atomic mass is 16.4. The third-order valence-corrected chi connectivity index (χ3v) is 2.16. The van der Waals surface area contributed by atoms with E-state index in [4.69, 9.17) is 10.9 Å². The van der Waals surface area contributed by atoms with Gasteiger partial charge in [0.2, 0.25) is 5.91 Å². The molecule has 0 spiro atoms. The number of carbonyl (C=O) groups excluding carboxylic acids is 1. The number of amides is 1. The monoisotopic (exact) mass is 226 g/mol. The molecule has 16 heavy (non-hydrogen) atoms. The fourth-order valence-corrected chi connectivity index (χ4v) is 1.15. The topological polar surface area (TPSA) is 120 Å². The molecule has 88 valence electrons. The molecule has 0 radical (unpaired) electrons. The summed E-state index contributed by atoms with van der Waals surface area (Å²) in [6.07, 6.45) is 1.36. The van der Waals surface area contributed by atoms with Gasteiger partial charge in [0.05, 0.1) is 12.5 Å². The summed E-state index contributed by atoms with van der Waals surface area (Å²) in [6, 6.07) is 0. The summed E-state index contributed by atoms with van der Waals surface area (Å²) in [4.78, 5) is 17.1. The van der Waals surface area contributed by atoms with Crippen molar-refractivity contribution in [3.8, 4) is 0 Å². The normalized spacial score (nSPS) is 13.5. The van der Waals surface area contributed by atoms with E-state index >= 15 is 0 Å². The van der Waals surface area contributed by atoms with Gasteiger partial charge in [-0.3, -0.25) is 9.89 Å². The van der Waals surface area contributed by atoms with Crippen molar-refractivity contribution in [1.82, 2.24) is 20.1 Å². The highest BCUT2D eigenvalue weighted by Gasteiger charge is 2.21. The first kappa shape index (κ1) is 12.0. The Labute approximate surface area is 92.1 Å². The maximum absolute atomic E-state index is 11.8. The molecule has 0 aromatic carbocycles. The molecule has 1 aromatic rings. The minimum atomic E-state index is -0.669. The van der Waals surface area contributed by atoms with Crippen LogP contribution < -0.4 is 5.73 Å². The number of hydrogen-bond donors (Lipinski definition) is 3.